The van der Waals surface area contributed by atoms with Crippen LogP contribution in [0.4, 0.5) is 10.5 Å². The number of likely N-dealkylation sites (tertiary alicyclic amines) is 1. The zero-order valence-electron chi connectivity index (χ0n) is 17.9. The van der Waals surface area contributed by atoms with Crippen molar-refractivity contribution in [3.05, 3.63) is 54.1 Å². The van der Waals surface area contributed by atoms with Crippen LogP contribution < -0.4 is 9.64 Å². The Morgan fingerprint density at radius 2 is 1.68 bits per heavy atom. The van der Waals surface area contributed by atoms with Crippen molar-refractivity contribution in [1.29, 1.82) is 0 Å². The van der Waals surface area contributed by atoms with Crippen molar-refractivity contribution in [3.8, 4) is 5.75 Å². The Labute approximate surface area is 183 Å². The predicted molar refractivity (Wildman–Crippen MR) is 118 cm³/mol. The molecule has 2 aliphatic heterocycles. The summed E-state index contributed by atoms with van der Waals surface area (Å²) in [5, 5.41) is -0.367. The number of amides is 1. The van der Waals surface area contributed by atoms with Crippen LogP contribution in [0, 0.1) is 6.92 Å². The van der Waals surface area contributed by atoms with E-state index < -0.39 is 9.84 Å². The minimum absolute atomic E-state index is 0.236. The largest absolute Gasteiger partial charge is 0.497 e. The molecule has 2 fully saturated rings. The van der Waals surface area contributed by atoms with Crippen LogP contribution in [0.25, 0.3) is 0 Å². The lowest BCUT2D eigenvalue weighted by Crippen LogP contribution is -2.43. The van der Waals surface area contributed by atoms with Gasteiger partial charge in [0.05, 0.1) is 23.8 Å². The first kappa shape index (κ1) is 21.6. The van der Waals surface area contributed by atoms with Crippen molar-refractivity contribution in [3.63, 3.8) is 0 Å². The molecular formula is C23H28N2O5S. The Kier molecular flexibility index (Phi) is 6.20. The molecule has 2 aromatic carbocycles. The second-order valence-electron chi connectivity index (χ2n) is 8.17. The van der Waals surface area contributed by atoms with Gasteiger partial charge in [-0.1, -0.05) is 17.7 Å². The third-order valence-corrected chi connectivity index (χ3v) is 8.32. The average Bonchev–Trinajstić information content (AvgIpc) is 3.14. The first-order valence-electron chi connectivity index (χ1n) is 10.5. The fourth-order valence-electron chi connectivity index (χ4n) is 4.20. The number of benzene rings is 2. The number of carbonyl (C=O) groups excluding carboxylic acids is 1. The molecule has 0 aromatic heterocycles. The van der Waals surface area contributed by atoms with E-state index in [-0.39, 0.29) is 17.4 Å². The van der Waals surface area contributed by atoms with Gasteiger partial charge in [-0.2, -0.15) is 0 Å². The number of carbonyl (C=O) groups is 1. The van der Waals surface area contributed by atoms with Gasteiger partial charge >= 0.3 is 6.09 Å². The van der Waals surface area contributed by atoms with E-state index in [1.54, 1.807) is 24.1 Å². The van der Waals surface area contributed by atoms with Crippen LogP contribution in [0.1, 0.15) is 18.4 Å². The van der Waals surface area contributed by atoms with Gasteiger partial charge in [0.2, 0.25) is 0 Å². The molecule has 2 heterocycles. The fourth-order valence-corrected chi connectivity index (χ4v) is 5.93. The van der Waals surface area contributed by atoms with Gasteiger partial charge in [0.25, 0.3) is 0 Å². The Morgan fingerprint density at radius 1 is 1.03 bits per heavy atom. The van der Waals surface area contributed by atoms with Gasteiger partial charge in [0.15, 0.2) is 9.84 Å². The molecule has 166 valence electrons. The number of rotatable bonds is 6. The van der Waals surface area contributed by atoms with Gasteiger partial charge < -0.3 is 9.47 Å². The molecule has 1 atom stereocenters. The van der Waals surface area contributed by atoms with Gasteiger partial charge in [-0.15, -0.1) is 0 Å². The standard InChI is InChI=1S/C23H28N2O5S/c1-17-3-9-21(10-4-17)31(27,28)22-11-13-24(14-12-22)15-20-16-25(23(26)30-20)18-5-7-19(29-2)8-6-18/h3-10,20,22H,11-16H2,1-2H3/t20-/m0/s1. The fraction of sp³-hybridized carbons (Fsp3) is 0.435. The normalized spacial score (nSPS) is 20.6. The maximum absolute atomic E-state index is 12.9. The van der Waals surface area contributed by atoms with E-state index in [0.29, 0.717) is 43.9 Å². The average molecular weight is 445 g/mol. The number of sulfone groups is 1. The van der Waals surface area contributed by atoms with Gasteiger partial charge in [-0.05, 0) is 69.3 Å². The minimum Gasteiger partial charge on any atom is -0.497 e. The van der Waals surface area contributed by atoms with E-state index in [4.69, 9.17) is 9.47 Å². The quantitative estimate of drug-likeness (QED) is 0.681. The first-order chi connectivity index (χ1) is 14.9. The molecule has 0 spiro atoms. The number of methoxy groups -OCH3 is 1. The highest BCUT2D eigenvalue weighted by molar-refractivity contribution is 7.92. The summed E-state index contributed by atoms with van der Waals surface area (Å²) < 4.78 is 36.6. The van der Waals surface area contributed by atoms with E-state index in [9.17, 15) is 13.2 Å². The summed E-state index contributed by atoms with van der Waals surface area (Å²) in [5.74, 6) is 0.733. The van der Waals surface area contributed by atoms with Gasteiger partial charge in [0.1, 0.15) is 11.9 Å². The predicted octanol–water partition coefficient (Wildman–Crippen LogP) is 3.27. The number of ether oxygens (including phenoxy) is 2. The molecule has 4 rings (SSSR count). The van der Waals surface area contributed by atoms with Crippen molar-refractivity contribution >= 4 is 21.6 Å². The highest BCUT2D eigenvalue weighted by Gasteiger charge is 2.36. The third kappa shape index (κ3) is 4.70. The Bertz CT molecular complexity index is 1010. The van der Waals surface area contributed by atoms with Crippen molar-refractivity contribution in [2.45, 2.75) is 36.0 Å². The molecule has 0 saturated carbocycles. The maximum Gasteiger partial charge on any atom is 0.414 e. The second kappa shape index (κ2) is 8.88. The highest BCUT2D eigenvalue weighted by Crippen LogP contribution is 2.27. The summed E-state index contributed by atoms with van der Waals surface area (Å²) in [7, 11) is -1.72. The SMILES string of the molecule is COc1ccc(N2C[C@H](CN3CCC(S(=O)(=O)c4ccc(C)cc4)CC3)OC2=O)cc1. The van der Waals surface area contributed by atoms with E-state index >= 15 is 0 Å². The molecule has 8 heteroatoms. The van der Waals surface area contributed by atoms with Crippen LogP contribution in [0.3, 0.4) is 0 Å². The van der Waals surface area contributed by atoms with E-state index in [1.165, 1.54) is 0 Å². The van der Waals surface area contributed by atoms with Crippen LogP contribution >= 0.6 is 0 Å². The highest BCUT2D eigenvalue weighted by atomic mass is 32.2. The molecule has 2 saturated heterocycles. The van der Waals surface area contributed by atoms with Crippen LogP contribution in [-0.4, -0.2) is 64.1 Å². The molecule has 0 bridgehead atoms. The number of nitrogens with zero attached hydrogens (tertiary/aromatic N) is 2. The number of cyclic esters (lactones) is 1. The molecule has 1 amide bonds. The van der Waals surface area contributed by atoms with Gasteiger partial charge in [-0.25, -0.2) is 13.2 Å². The Balaban J connectivity index is 1.32. The van der Waals surface area contributed by atoms with Crippen molar-refractivity contribution in [2.75, 3.05) is 38.2 Å². The minimum atomic E-state index is -3.32. The molecule has 2 aromatic rings. The van der Waals surface area contributed by atoms with Crippen molar-refractivity contribution in [2.24, 2.45) is 0 Å². The van der Waals surface area contributed by atoms with E-state index in [2.05, 4.69) is 4.90 Å². The van der Waals surface area contributed by atoms with Gasteiger partial charge in [0, 0.05) is 12.2 Å². The molecule has 0 radical (unpaired) electrons. The number of aryl methyl sites for hydroxylation is 1. The zero-order valence-corrected chi connectivity index (χ0v) is 18.7. The van der Waals surface area contributed by atoms with Crippen LogP contribution in [0.15, 0.2) is 53.4 Å². The van der Waals surface area contributed by atoms with Crippen LogP contribution in [0.2, 0.25) is 0 Å². The van der Waals surface area contributed by atoms with E-state index in [1.807, 2.05) is 43.3 Å². The van der Waals surface area contributed by atoms with Crippen LogP contribution in [0.5, 0.6) is 5.75 Å². The molecule has 0 unspecified atom stereocenters. The van der Waals surface area contributed by atoms with Crippen molar-refractivity contribution < 1.29 is 22.7 Å². The lowest BCUT2D eigenvalue weighted by molar-refractivity contribution is 0.101. The van der Waals surface area contributed by atoms with Crippen LogP contribution in [-0.2, 0) is 14.6 Å². The summed E-state index contributed by atoms with van der Waals surface area (Å²) in [6.45, 7) is 4.38. The molecular weight excluding hydrogens is 416 g/mol. The first-order valence-corrected chi connectivity index (χ1v) is 12.1. The van der Waals surface area contributed by atoms with E-state index in [0.717, 1.165) is 17.0 Å². The topological polar surface area (TPSA) is 76.2 Å². The van der Waals surface area contributed by atoms with Crippen molar-refractivity contribution in [1.82, 2.24) is 4.90 Å². The Morgan fingerprint density at radius 3 is 2.29 bits per heavy atom. The lowest BCUT2D eigenvalue weighted by atomic mass is 10.1. The smallest absolute Gasteiger partial charge is 0.414 e. The number of hydrogen-bond donors (Lipinski definition) is 0. The maximum atomic E-state index is 12.9. The molecule has 0 N–H and O–H groups in total. The molecule has 2 aliphatic rings. The number of hydrogen-bond acceptors (Lipinski definition) is 6. The summed E-state index contributed by atoms with van der Waals surface area (Å²) in [6, 6.07) is 14.4. The number of anilines is 1. The summed E-state index contributed by atoms with van der Waals surface area (Å²) in [6.07, 6.45) is 0.574. The summed E-state index contributed by atoms with van der Waals surface area (Å²) in [5.41, 5.74) is 1.82. The molecule has 7 nitrogen and oxygen atoms in total. The zero-order chi connectivity index (χ0) is 22.0. The summed E-state index contributed by atoms with van der Waals surface area (Å²) >= 11 is 0. The summed E-state index contributed by atoms with van der Waals surface area (Å²) in [4.78, 5) is 16.5. The monoisotopic (exact) mass is 444 g/mol. The van der Waals surface area contributed by atoms with Gasteiger partial charge in [-0.3, -0.25) is 9.80 Å². The third-order valence-electron chi connectivity index (χ3n) is 6.04. The second-order valence-corrected chi connectivity index (χ2v) is 10.4. The molecule has 31 heavy (non-hydrogen) atoms. The lowest BCUT2D eigenvalue weighted by Gasteiger charge is -2.32. The molecule has 0 aliphatic carbocycles. The Hall–Kier alpha value is -2.58. The number of piperidine rings is 1.